The van der Waals surface area contributed by atoms with Crippen LogP contribution in [-0.2, 0) is 15.9 Å². The molecule has 32 heavy (non-hydrogen) atoms. The van der Waals surface area contributed by atoms with E-state index in [-0.39, 0.29) is 18.7 Å². The number of hydrogen-bond acceptors (Lipinski definition) is 5. The highest BCUT2D eigenvalue weighted by Gasteiger charge is 2.29. The number of carbonyl (C=O) groups excluding carboxylic acids is 1. The van der Waals surface area contributed by atoms with E-state index in [2.05, 4.69) is 4.98 Å². The van der Waals surface area contributed by atoms with E-state index in [1.54, 1.807) is 16.7 Å². The molecule has 1 aromatic carbocycles. The van der Waals surface area contributed by atoms with Gasteiger partial charge in [0, 0.05) is 19.2 Å². The molecule has 0 radical (unpaired) electrons. The maximum absolute atomic E-state index is 14.9. The molecule has 3 heterocycles. The number of fused-ring (bicyclic) bond motifs is 1. The lowest BCUT2D eigenvalue weighted by atomic mass is 10.0. The second kappa shape index (κ2) is 8.54. The molecule has 0 spiro atoms. The van der Waals surface area contributed by atoms with Crippen LogP contribution in [0, 0.1) is 18.6 Å². The van der Waals surface area contributed by atoms with Gasteiger partial charge < -0.3 is 23.9 Å². The molecule has 1 atom stereocenters. The largest absolute Gasteiger partial charge is 0.478 e. The third-order valence-corrected chi connectivity index (χ3v) is 5.40. The van der Waals surface area contributed by atoms with Crippen LogP contribution < -0.4 is 0 Å². The van der Waals surface area contributed by atoms with Crippen molar-refractivity contribution >= 4 is 17.7 Å². The minimum atomic E-state index is -1.43. The first-order chi connectivity index (χ1) is 15.3. The Bertz CT molecular complexity index is 1190. The average molecular weight is 445 g/mol. The zero-order valence-electron chi connectivity index (χ0n) is 17.5. The van der Waals surface area contributed by atoms with Crippen molar-refractivity contribution in [3.05, 3.63) is 58.9 Å². The highest BCUT2D eigenvalue weighted by molar-refractivity contribution is 5.88. The van der Waals surface area contributed by atoms with Crippen molar-refractivity contribution < 1.29 is 33.0 Å². The van der Waals surface area contributed by atoms with Crippen LogP contribution in [0.5, 0.6) is 0 Å². The number of methoxy groups -OCH3 is 1. The topological polar surface area (TPSA) is 93.4 Å². The predicted octanol–water partition coefficient (Wildman–Crippen LogP) is 3.30. The minimum Gasteiger partial charge on any atom is -0.478 e. The van der Waals surface area contributed by atoms with Crippen molar-refractivity contribution in [1.82, 2.24) is 14.3 Å². The number of hydrogen-bond donors (Lipinski definition) is 1. The first-order valence-corrected chi connectivity index (χ1v) is 9.93. The molecule has 168 valence electrons. The molecule has 8 nitrogen and oxygen atoms in total. The second-order valence-electron chi connectivity index (χ2n) is 7.57. The predicted molar refractivity (Wildman–Crippen MR) is 110 cm³/mol. The monoisotopic (exact) mass is 445 g/mol. The van der Waals surface area contributed by atoms with Gasteiger partial charge in [-0.3, -0.25) is 0 Å². The zero-order valence-corrected chi connectivity index (χ0v) is 17.5. The Hall–Kier alpha value is -3.53. The number of carboxylic acid groups (broad SMARTS) is 1. The normalized spacial score (nSPS) is 16.4. The highest BCUT2D eigenvalue weighted by atomic mass is 19.1. The number of aryl methyl sites for hydroxylation is 1. The number of imidazole rings is 1. The number of nitrogens with zero attached hydrogens (tertiary/aromatic N) is 3. The van der Waals surface area contributed by atoms with E-state index in [0.29, 0.717) is 24.5 Å². The summed E-state index contributed by atoms with van der Waals surface area (Å²) >= 11 is 0. The number of benzene rings is 1. The summed E-state index contributed by atoms with van der Waals surface area (Å²) in [5, 5.41) is 9.09. The molecule has 2 aromatic heterocycles. The Balaban J connectivity index is 1.80. The highest BCUT2D eigenvalue weighted by Crippen LogP contribution is 2.32. The van der Waals surface area contributed by atoms with Crippen LogP contribution in [0.3, 0.4) is 0 Å². The second-order valence-corrected chi connectivity index (χ2v) is 7.57. The minimum absolute atomic E-state index is 0.0568. The fourth-order valence-corrected chi connectivity index (χ4v) is 3.87. The summed E-state index contributed by atoms with van der Waals surface area (Å²) in [7, 11) is 1.30. The van der Waals surface area contributed by atoms with Crippen molar-refractivity contribution in [3.8, 4) is 11.3 Å². The van der Waals surface area contributed by atoms with Gasteiger partial charge in [0.2, 0.25) is 0 Å². The van der Waals surface area contributed by atoms with Gasteiger partial charge in [-0.2, -0.15) is 0 Å². The van der Waals surface area contributed by atoms with Crippen LogP contribution in [0.2, 0.25) is 0 Å². The summed E-state index contributed by atoms with van der Waals surface area (Å²) in [5.74, 6) is -3.48. The molecule has 0 saturated carbocycles. The third-order valence-electron chi connectivity index (χ3n) is 5.40. The molecule has 0 aliphatic carbocycles. The number of amides is 1. The van der Waals surface area contributed by atoms with Crippen LogP contribution in [0.4, 0.5) is 13.6 Å². The SMILES string of the molecule is COC(=O)N1CCO[C@@H](Cc2c(-c3c(F)cc(C(=O)O)cc3F)nc3cc(C)ccn23)C1. The summed E-state index contributed by atoms with van der Waals surface area (Å²) in [6.07, 6.45) is 1.03. The van der Waals surface area contributed by atoms with Crippen molar-refractivity contribution in [2.24, 2.45) is 0 Å². The lowest BCUT2D eigenvalue weighted by Crippen LogP contribution is -2.46. The Morgan fingerprint density at radius 3 is 2.66 bits per heavy atom. The van der Waals surface area contributed by atoms with E-state index in [0.717, 1.165) is 17.7 Å². The average Bonchev–Trinajstić information content (AvgIpc) is 3.09. The van der Waals surface area contributed by atoms with Crippen LogP contribution >= 0.6 is 0 Å². The van der Waals surface area contributed by atoms with Gasteiger partial charge in [-0.1, -0.05) is 0 Å². The van der Waals surface area contributed by atoms with Gasteiger partial charge in [0.05, 0.1) is 48.9 Å². The molecule has 4 rings (SSSR count). The molecule has 0 bridgehead atoms. The van der Waals surface area contributed by atoms with Gasteiger partial charge in [-0.25, -0.2) is 23.4 Å². The number of aromatic carboxylic acids is 1. The Morgan fingerprint density at radius 1 is 1.28 bits per heavy atom. The van der Waals surface area contributed by atoms with Crippen LogP contribution in [0.1, 0.15) is 21.6 Å². The summed E-state index contributed by atoms with van der Waals surface area (Å²) in [4.78, 5) is 29.0. The van der Waals surface area contributed by atoms with Crippen LogP contribution in [0.15, 0.2) is 30.5 Å². The summed E-state index contributed by atoms with van der Waals surface area (Å²) in [6.45, 7) is 2.78. The maximum atomic E-state index is 14.9. The fourth-order valence-electron chi connectivity index (χ4n) is 3.87. The fraction of sp³-hybridized carbons (Fsp3) is 0.318. The van der Waals surface area contributed by atoms with E-state index in [1.165, 1.54) is 12.0 Å². The molecule has 1 N–H and O–H groups in total. The molecule has 1 fully saturated rings. The molecule has 0 unspecified atom stereocenters. The van der Waals surface area contributed by atoms with Crippen molar-refractivity contribution in [1.29, 1.82) is 0 Å². The first kappa shape index (κ1) is 21.7. The number of morpholine rings is 1. The molecule has 1 aliphatic heterocycles. The van der Waals surface area contributed by atoms with Gasteiger partial charge >= 0.3 is 12.1 Å². The number of ether oxygens (including phenoxy) is 2. The Morgan fingerprint density at radius 2 is 2.00 bits per heavy atom. The molecular weight excluding hydrogens is 424 g/mol. The number of aromatic nitrogens is 2. The van der Waals surface area contributed by atoms with E-state index in [4.69, 9.17) is 14.6 Å². The van der Waals surface area contributed by atoms with E-state index in [1.807, 2.05) is 13.0 Å². The number of pyridine rings is 1. The van der Waals surface area contributed by atoms with Crippen LogP contribution in [0.25, 0.3) is 16.9 Å². The number of carbonyl (C=O) groups is 2. The summed E-state index contributed by atoms with van der Waals surface area (Å²) in [6, 6.07) is 5.16. The van der Waals surface area contributed by atoms with Gasteiger partial charge in [-0.15, -0.1) is 0 Å². The van der Waals surface area contributed by atoms with E-state index < -0.39 is 40.9 Å². The number of halogens is 2. The number of carboxylic acids is 1. The summed E-state index contributed by atoms with van der Waals surface area (Å²) < 4.78 is 42.1. The van der Waals surface area contributed by atoms with Gasteiger partial charge in [0.1, 0.15) is 17.3 Å². The lowest BCUT2D eigenvalue weighted by molar-refractivity contribution is -0.0241. The number of rotatable bonds is 4. The zero-order chi connectivity index (χ0) is 23.0. The smallest absolute Gasteiger partial charge is 0.409 e. The van der Waals surface area contributed by atoms with Gasteiger partial charge in [0.15, 0.2) is 0 Å². The molecule has 3 aromatic rings. The summed E-state index contributed by atoms with van der Waals surface area (Å²) in [5.41, 5.74) is 1.03. The van der Waals surface area contributed by atoms with Crippen LogP contribution in [-0.4, -0.2) is 64.4 Å². The molecule has 10 heteroatoms. The van der Waals surface area contributed by atoms with Gasteiger partial charge in [0.25, 0.3) is 0 Å². The molecule has 1 aliphatic rings. The molecule has 1 saturated heterocycles. The van der Waals surface area contributed by atoms with E-state index in [9.17, 15) is 18.4 Å². The standard InChI is InChI=1S/C22H21F2N3O5/c1-12-3-4-27-17(10-14-11-26(5-6-32-14)22(30)31-2)20(25-18(27)7-12)19-15(23)8-13(21(28)29)9-16(19)24/h3-4,7-9,14H,5-6,10-11H2,1-2H3,(H,28,29)/t14-/m0/s1. The Labute approximate surface area is 182 Å². The van der Waals surface area contributed by atoms with Crippen molar-refractivity contribution in [2.75, 3.05) is 26.8 Å². The lowest BCUT2D eigenvalue weighted by Gasteiger charge is -2.32. The quantitative estimate of drug-likeness (QED) is 0.663. The van der Waals surface area contributed by atoms with E-state index >= 15 is 0 Å². The van der Waals surface area contributed by atoms with Crippen molar-refractivity contribution in [2.45, 2.75) is 19.4 Å². The third kappa shape index (κ3) is 4.01. The first-order valence-electron chi connectivity index (χ1n) is 9.93. The Kier molecular flexibility index (Phi) is 5.79. The van der Waals surface area contributed by atoms with Gasteiger partial charge in [-0.05, 0) is 36.8 Å². The molecular formula is C22H21F2N3O5. The molecule has 1 amide bonds. The van der Waals surface area contributed by atoms with Crippen molar-refractivity contribution in [3.63, 3.8) is 0 Å². The maximum Gasteiger partial charge on any atom is 0.409 e.